The maximum Gasteiger partial charge on any atom is 0.408 e. The highest BCUT2D eigenvalue weighted by Crippen LogP contribution is 2.41. The number of fused-ring (bicyclic) bond motifs is 7. The summed E-state index contributed by atoms with van der Waals surface area (Å²) in [5.41, 5.74) is 10.1. The molecule has 7 heterocycles. The van der Waals surface area contributed by atoms with Crippen LogP contribution < -0.4 is 15.6 Å². The number of hydrogen-bond donors (Lipinski definition) is 3. The van der Waals surface area contributed by atoms with Gasteiger partial charge in [0.15, 0.2) is 0 Å². The predicted octanol–water partition coefficient (Wildman–Crippen LogP) is 7.21. The van der Waals surface area contributed by atoms with Crippen molar-refractivity contribution >= 4 is 45.9 Å². The zero-order valence-electron chi connectivity index (χ0n) is 35.7. The minimum Gasteiger partial charge on any atom is -0.464 e. The first-order chi connectivity index (χ1) is 28.1. The van der Waals surface area contributed by atoms with Crippen LogP contribution in [0, 0.1) is 5.41 Å². The van der Waals surface area contributed by atoms with Crippen molar-refractivity contribution in [3.8, 4) is 22.5 Å². The monoisotopic (exact) mass is 824 g/mol. The van der Waals surface area contributed by atoms with E-state index >= 15 is 0 Å². The minimum absolute atomic E-state index is 0.156. The molecule has 0 spiro atoms. The van der Waals surface area contributed by atoms with Crippen LogP contribution in [-0.4, -0.2) is 106 Å². The molecule has 6 bridgehead atoms. The number of hydrogen-bond acceptors (Lipinski definition) is 11. The molecule has 3 aromatic heterocycles. The van der Waals surface area contributed by atoms with Crippen LogP contribution in [-0.2, 0) is 31.9 Å². The number of carbonyl (C=O) groups excluding carboxylic acids is 3. The summed E-state index contributed by atoms with van der Waals surface area (Å²) in [7, 11) is 0. The first-order valence-corrected chi connectivity index (χ1v) is 22.3. The smallest absolute Gasteiger partial charge is 0.408 e. The second kappa shape index (κ2) is 16.5. The van der Waals surface area contributed by atoms with Crippen LogP contribution in [0.3, 0.4) is 0 Å². The van der Waals surface area contributed by atoms with Gasteiger partial charge in [-0.15, -0.1) is 11.3 Å². The fraction of sp³-hybridized carbons (Fsp3) is 0.578. The third-order valence-electron chi connectivity index (χ3n) is 12.0. The Morgan fingerprint density at radius 3 is 2.69 bits per heavy atom. The Morgan fingerprint density at radius 2 is 1.90 bits per heavy atom. The zero-order valence-corrected chi connectivity index (χ0v) is 36.5. The molecule has 1 aromatic carbocycles. The van der Waals surface area contributed by atoms with Crippen LogP contribution >= 0.6 is 11.3 Å². The average Bonchev–Trinajstić information content (AvgIpc) is 3.82. The van der Waals surface area contributed by atoms with Crippen LogP contribution in [0.4, 0.5) is 10.5 Å². The molecule has 59 heavy (non-hydrogen) atoms. The summed E-state index contributed by atoms with van der Waals surface area (Å²) in [5.74, 6) is -0.586. The van der Waals surface area contributed by atoms with Gasteiger partial charge in [-0.2, -0.15) is 0 Å². The Labute approximate surface area is 351 Å². The lowest BCUT2D eigenvalue weighted by molar-refractivity contribution is -0.155. The van der Waals surface area contributed by atoms with Crippen LogP contribution in [0.2, 0.25) is 0 Å². The molecule has 4 aliphatic rings. The van der Waals surface area contributed by atoms with E-state index in [4.69, 9.17) is 19.4 Å². The number of thiazole rings is 1. The summed E-state index contributed by atoms with van der Waals surface area (Å²) in [6.45, 7) is 18.8. The highest BCUT2D eigenvalue weighted by Gasteiger charge is 2.36. The number of ether oxygens (including phenoxy) is 2. The predicted molar refractivity (Wildman–Crippen MR) is 231 cm³/mol. The molecule has 3 saturated heterocycles. The molecule has 4 aromatic rings. The molecular formula is C45H60N8O5S. The largest absolute Gasteiger partial charge is 0.464 e. The number of alkyl carbamates (subject to hydrolysis) is 1. The zero-order chi connectivity index (χ0) is 41.6. The maximum absolute atomic E-state index is 14.1. The van der Waals surface area contributed by atoms with Crippen molar-refractivity contribution in [3.63, 3.8) is 0 Å². The highest BCUT2D eigenvalue weighted by molar-refractivity contribution is 7.10. The highest BCUT2D eigenvalue weighted by atomic mass is 32.1. The van der Waals surface area contributed by atoms with Gasteiger partial charge in [-0.25, -0.2) is 15.2 Å². The topological polar surface area (TPSA) is 145 Å². The van der Waals surface area contributed by atoms with Gasteiger partial charge in [0.05, 0.1) is 40.6 Å². The molecule has 0 radical (unpaired) electrons. The lowest BCUT2D eigenvalue weighted by Crippen LogP contribution is -2.60. The number of cyclic esters (lactones) is 1. The Hall–Kier alpha value is -4.53. The van der Waals surface area contributed by atoms with E-state index in [1.165, 1.54) is 42.2 Å². The van der Waals surface area contributed by atoms with E-state index in [1.54, 1.807) is 20.8 Å². The summed E-state index contributed by atoms with van der Waals surface area (Å²) < 4.78 is 11.7. The molecular weight excluding hydrogens is 765 g/mol. The lowest BCUT2D eigenvalue weighted by atomic mass is 9.84. The van der Waals surface area contributed by atoms with E-state index in [2.05, 4.69) is 83.7 Å². The summed E-state index contributed by atoms with van der Waals surface area (Å²) in [6, 6.07) is 7.64. The summed E-state index contributed by atoms with van der Waals surface area (Å²) in [6.07, 6.45) is 7.11. The molecule has 0 unspecified atom stereocenters. The van der Waals surface area contributed by atoms with Gasteiger partial charge in [-0.1, -0.05) is 40.2 Å². The van der Waals surface area contributed by atoms with Crippen molar-refractivity contribution in [2.45, 2.75) is 123 Å². The van der Waals surface area contributed by atoms with Gasteiger partial charge in [0, 0.05) is 71.5 Å². The molecule has 14 heteroatoms. The van der Waals surface area contributed by atoms with Crippen LogP contribution in [0.5, 0.6) is 0 Å². The fourth-order valence-corrected chi connectivity index (χ4v) is 9.92. The molecule has 0 saturated carbocycles. The van der Waals surface area contributed by atoms with Crippen molar-refractivity contribution in [3.05, 3.63) is 52.1 Å². The molecule has 4 aliphatic heterocycles. The number of nitrogens with zero attached hydrogens (tertiary/aromatic N) is 5. The Bertz CT molecular complexity index is 2210. The van der Waals surface area contributed by atoms with E-state index in [9.17, 15) is 14.4 Å². The van der Waals surface area contributed by atoms with Gasteiger partial charge < -0.3 is 24.7 Å². The van der Waals surface area contributed by atoms with Crippen molar-refractivity contribution < 1.29 is 23.9 Å². The SMILES string of the molecule is CC(C)c1ncc(N2CCN3CCCC[C@@H]3C2)cc1-c1[nH]c2ccc3cc2c1CC(C)(C)COC(=O)[C@@H]1CCCN(N1)C(=O)[C@@H](NC(=O)OC(C)(C)C)Cc1nc-3cs1. The number of H-pyrrole nitrogens is 1. The van der Waals surface area contributed by atoms with Crippen molar-refractivity contribution in [2.75, 3.05) is 44.2 Å². The van der Waals surface area contributed by atoms with Crippen LogP contribution in [0.25, 0.3) is 33.4 Å². The number of aromatic nitrogens is 3. The standard InChI is InChI=1S/C45H60N8O5S/c1-27(2)39-32(20-30(23-46-39)52-18-17-51-15-9-8-11-29(51)24-52)40-33-22-45(6,7)26-57-42(55)35-12-10-16-53(50-35)41(54)36(49-43(56)58-44(3,4)5)21-38-47-37(25-59-38)28-13-14-34(48-40)31(33)19-28/h13-14,19-20,23,25,27,29,35-36,48,50H,8-12,15-18,21-22,24,26H2,1-7H3,(H,49,56)/t29-,35+,36+/m1/s1. The quantitative estimate of drug-likeness (QED) is 0.181. The molecule has 3 fully saturated rings. The number of hydrazine groups is 1. The van der Waals surface area contributed by atoms with E-state index < -0.39 is 35.2 Å². The number of pyridine rings is 1. The third kappa shape index (κ3) is 9.14. The van der Waals surface area contributed by atoms with Crippen molar-refractivity contribution in [1.82, 2.24) is 35.6 Å². The Kier molecular flexibility index (Phi) is 11.5. The molecule has 0 aliphatic carbocycles. The number of amides is 2. The van der Waals surface area contributed by atoms with E-state index in [1.807, 2.05) is 5.38 Å². The minimum atomic E-state index is -0.976. The molecule has 8 rings (SSSR count). The molecule has 3 atom stereocenters. The number of rotatable bonds is 4. The fourth-order valence-electron chi connectivity index (χ4n) is 9.07. The van der Waals surface area contributed by atoms with E-state index in [0.29, 0.717) is 36.9 Å². The number of esters is 1. The second-order valence-electron chi connectivity index (χ2n) is 18.9. The number of piperazine rings is 1. The number of benzene rings is 1. The van der Waals surface area contributed by atoms with Gasteiger partial charge in [0.25, 0.3) is 5.91 Å². The third-order valence-corrected chi connectivity index (χ3v) is 12.9. The molecule has 316 valence electrons. The maximum atomic E-state index is 14.1. The van der Waals surface area contributed by atoms with E-state index in [0.717, 1.165) is 70.0 Å². The first-order valence-electron chi connectivity index (χ1n) is 21.4. The summed E-state index contributed by atoms with van der Waals surface area (Å²) in [5, 5.41) is 8.02. The number of carbonyl (C=O) groups is 3. The first kappa shape index (κ1) is 41.2. The summed E-state index contributed by atoms with van der Waals surface area (Å²) >= 11 is 1.45. The number of anilines is 1. The van der Waals surface area contributed by atoms with Crippen LogP contribution in [0.15, 0.2) is 35.8 Å². The Morgan fingerprint density at radius 1 is 1.07 bits per heavy atom. The molecule has 13 nitrogen and oxygen atoms in total. The van der Waals surface area contributed by atoms with Crippen LogP contribution in [0.1, 0.15) is 103 Å². The van der Waals surface area contributed by atoms with E-state index in [-0.39, 0.29) is 24.9 Å². The average molecular weight is 825 g/mol. The Balaban J connectivity index is 1.20. The van der Waals surface area contributed by atoms with Crippen molar-refractivity contribution in [1.29, 1.82) is 0 Å². The number of aromatic amines is 1. The molecule has 2 amide bonds. The van der Waals surface area contributed by atoms with Gasteiger partial charge in [0.2, 0.25) is 0 Å². The van der Waals surface area contributed by atoms with Gasteiger partial charge in [-0.05, 0) is 89.1 Å². The molecule has 3 N–H and O–H groups in total. The number of piperidine rings is 1. The second-order valence-corrected chi connectivity index (χ2v) is 19.9. The number of nitrogens with one attached hydrogen (secondary N) is 3. The summed E-state index contributed by atoms with van der Waals surface area (Å²) in [4.78, 5) is 60.1. The normalized spacial score (nSPS) is 23.2. The van der Waals surface area contributed by atoms with Gasteiger partial charge >= 0.3 is 12.1 Å². The van der Waals surface area contributed by atoms with Gasteiger partial charge in [-0.3, -0.25) is 24.5 Å². The lowest BCUT2D eigenvalue weighted by Gasteiger charge is -2.45. The van der Waals surface area contributed by atoms with Crippen molar-refractivity contribution in [2.24, 2.45) is 5.41 Å². The van der Waals surface area contributed by atoms with Gasteiger partial charge in [0.1, 0.15) is 17.7 Å².